The predicted molar refractivity (Wildman–Crippen MR) is 64.1 cm³/mol. The molecule has 16 heavy (non-hydrogen) atoms. The lowest BCUT2D eigenvalue weighted by Gasteiger charge is -2.19. The number of hydrogen-bond acceptors (Lipinski definition) is 2. The molecule has 1 aromatic carbocycles. The van der Waals surface area contributed by atoms with E-state index in [9.17, 15) is 4.39 Å². The summed E-state index contributed by atoms with van der Waals surface area (Å²) in [4.78, 5) is 0. The Morgan fingerprint density at radius 1 is 1.44 bits per heavy atom. The summed E-state index contributed by atoms with van der Waals surface area (Å²) < 4.78 is 18.8. The maximum Gasteiger partial charge on any atom is 0.168 e. The molecule has 0 heterocycles. The van der Waals surface area contributed by atoms with E-state index >= 15 is 0 Å². The van der Waals surface area contributed by atoms with E-state index in [4.69, 9.17) is 10.5 Å². The van der Waals surface area contributed by atoms with Crippen LogP contribution >= 0.6 is 0 Å². The molecular weight excluding hydrogens is 205 g/mol. The Morgan fingerprint density at radius 2 is 2.12 bits per heavy atom. The molecule has 0 aliphatic heterocycles. The van der Waals surface area contributed by atoms with Crippen molar-refractivity contribution in [1.82, 2.24) is 0 Å². The Kier molecular flexibility index (Phi) is 4.74. The molecule has 0 bridgehead atoms. The summed E-state index contributed by atoms with van der Waals surface area (Å²) >= 11 is 0. The van der Waals surface area contributed by atoms with Gasteiger partial charge < -0.3 is 10.5 Å². The fourth-order valence-corrected chi connectivity index (χ4v) is 1.86. The van der Waals surface area contributed by atoms with E-state index < -0.39 is 0 Å². The number of methoxy groups -OCH3 is 1. The van der Waals surface area contributed by atoms with Gasteiger partial charge in [0, 0.05) is 6.04 Å². The van der Waals surface area contributed by atoms with Gasteiger partial charge in [-0.25, -0.2) is 4.39 Å². The number of nitrogens with two attached hydrogens (primary N) is 1. The van der Waals surface area contributed by atoms with Crippen LogP contribution in [-0.2, 0) is 6.42 Å². The lowest BCUT2D eigenvalue weighted by Crippen LogP contribution is -2.28. The molecule has 0 fully saturated rings. The standard InChI is InChI=1S/C13H20FNO/c1-4-10(9(2)15)8-11-6-5-7-12(16-3)13(11)14/h5-7,9-10H,4,8,15H2,1-3H3. The Morgan fingerprint density at radius 3 is 2.62 bits per heavy atom. The second-order valence-corrected chi connectivity index (χ2v) is 4.16. The first kappa shape index (κ1) is 13.0. The smallest absolute Gasteiger partial charge is 0.168 e. The number of halogens is 1. The van der Waals surface area contributed by atoms with Crippen molar-refractivity contribution >= 4 is 0 Å². The zero-order valence-electron chi connectivity index (χ0n) is 10.2. The van der Waals surface area contributed by atoms with Crippen LogP contribution in [0.1, 0.15) is 25.8 Å². The van der Waals surface area contributed by atoms with Gasteiger partial charge in [0.05, 0.1) is 7.11 Å². The fourth-order valence-electron chi connectivity index (χ4n) is 1.86. The second kappa shape index (κ2) is 5.85. The summed E-state index contributed by atoms with van der Waals surface area (Å²) in [6, 6.07) is 5.32. The first-order chi connectivity index (χ1) is 7.60. The van der Waals surface area contributed by atoms with Crippen molar-refractivity contribution < 1.29 is 9.13 Å². The third kappa shape index (κ3) is 2.95. The molecule has 0 saturated carbocycles. The quantitative estimate of drug-likeness (QED) is 0.836. The minimum Gasteiger partial charge on any atom is -0.494 e. The zero-order valence-corrected chi connectivity index (χ0v) is 10.2. The Balaban J connectivity index is 2.88. The van der Waals surface area contributed by atoms with Crippen LogP contribution in [0, 0.1) is 11.7 Å². The van der Waals surface area contributed by atoms with Gasteiger partial charge in [0.1, 0.15) is 0 Å². The monoisotopic (exact) mass is 225 g/mol. The molecule has 2 nitrogen and oxygen atoms in total. The van der Waals surface area contributed by atoms with Crippen molar-refractivity contribution in [3.8, 4) is 5.75 Å². The van der Waals surface area contributed by atoms with Crippen LogP contribution < -0.4 is 10.5 Å². The fraction of sp³-hybridized carbons (Fsp3) is 0.538. The summed E-state index contributed by atoms with van der Waals surface area (Å²) in [5.41, 5.74) is 6.55. The highest BCUT2D eigenvalue weighted by Gasteiger charge is 2.16. The first-order valence-corrected chi connectivity index (χ1v) is 5.67. The largest absolute Gasteiger partial charge is 0.494 e. The highest BCUT2D eigenvalue weighted by atomic mass is 19.1. The molecule has 0 aromatic heterocycles. The molecule has 2 unspecified atom stereocenters. The van der Waals surface area contributed by atoms with Gasteiger partial charge in [-0.05, 0) is 30.9 Å². The lowest BCUT2D eigenvalue weighted by molar-refractivity contribution is 0.376. The molecule has 2 atom stereocenters. The highest BCUT2D eigenvalue weighted by Crippen LogP contribution is 2.23. The molecule has 3 heteroatoms. The van der Waals surface area contributed by atoms with Gasteiger partial charge in [0.2, 0.25) is 0 Å². The molecule has 2 N–H and O–H groups in total. The van der Waals surface area contributed by atoms with Gasteiger partial charge >= 0.3 is 0 Å². The van der Waals surface area contributed by atoms with Gasteiger partial charge in [-0.15, -0.1) is 0 Å². The van der Waals surface area contributed by atoms with Crippen molar-refractivity contribution in [1.29, 1.82) is 0 Å². The van der Waals surface area contributed by atoms with Crippen LogP contribution in [0.5, 0.6) is 5.75 Å². The van der Waals surface area contributed by atoms with Gasteiger partial charge in [0.25, 0.3) is 0 Å². The summed E-state index contributed by atoms with van der Waals surface area (Å²) in [5, 5.41) is 0. The molecule has 0 amide bonds. The molecule has 0 saturated heterocycles. The van der Waals surface area contributed by atoms with E-state index in [1.54, 1.807) is 12.1 Å². The predicted octanol–water partition coefficient (Wildman–Crippen LogP) is 2.75. The topological polar surface area (TPSA) is 35.2 Å². The second-order valence-electron chi connectivity index (χ2n) is 4.16. The average Bonchev–Trinajstić information content (AvgIpc) is 2.27. The summed E-state index contributed by atoms with van der Waals surface area (Å²) in [7, 11) is 1.48. The van der Waals surface area contributed by atoms with Gasteiger partial charge in [-0.3, -0.25) is 0 Å². The van der Waals surface area contributed by atoms with Crippen molar-refractivity contribution in [2.75, 3.05) is 7.11 Å². The van der Waals surface area contributed by atoms with Gasteiger partial charge in [0.15, 0.2) is 11.6 Å². The third-order valence-corrected chi connectivity index (χ3v) is 3.01. The van der Waals surface area contributed by atoms with Crippen molar-refractivity contribution in [2.45, 2.75) is 32.7 Å². The van der Waals surface area contributed by atoms with Crippen LogP contribution in [0.15, 0.2) is 18.2 Å². The molecule has 0 aliphatic carbocycles. The van der Waals surface area contributed by atoms with E-state index in [-0.39, 0.29) is 11.9 Å². The summed E-state index contributed by atoms with van der Waals surface area (Å²) in [6.07, 6.45) is 1.62. The molecule has 1 rings (SSSR count). The van der Waals surface area contributed by atoms with E-state index in [0.29, 0.717) is 23.7 Å². The van der Waals surface area contributed by atoms with Crippen LogP contribution in [0.4, 0.5) is 4.39 Å². The van der Waals surface area contributed by atoms with Crippen LogP contribution in [0.25, 0.3) is 0 Å². The molecular formula is C13H20FNO. The van der Waals surface area contributed by atoms with Crippen molar-refractivity contribution in [3.63, 3.8) is 0 Å². The van der Waals surface area contributed by atoms with Gasteiger partial charge in [-0.2, -0.15) is 0 Å². The van der Waals surface area contributed by atoms with E-state index in [1.165, 1.54) is 7.11 Å². The van der Waals surface area contributed by atoms with E-state index in [0.717, 1.165) is 6.42 Å². The number of benzene rings is 1. The molecule has 0 radical (unpaired) electrons. The minimum atomic E-state index is -0.260. The normalized spacial score (nSPS) is 14.6. The Labute approximate surface area is 96.6 Å². The maximum atomic E-state index is 13.9. The van der Waals surface area contributed by atoms with Crippen molar-refractivity contribution in [3.05, 3.63) is 29.6 Å². The minimum absolute atomic E-state index is 0.0793. The molecule has 0 spiro atoms. The molecule has 90 valence electrons. The lowest BCUT2D eigenvalue weighted by atomic mass is 9.91. The molecule has 0 aliphatic rings. The number of rotatable bonds is 5. The van der Waals surface area contributed by atoms with Crippen LogP contribution in [-0.4, -0.2) is 13.2 Å². The Bertz CT molecular complexity index is 339. The highest BCUT2D eigenvalue weighted by molar-refractivity contribution is 5.31. The summed E-state index contributed by atoms with van der Waals surface area (Å²) in [5.74, 6) is 0.350. The maximum absolute atomic E-state index is 13.9. The Hall–Kier alpha value is -1.09. The van der Waals surface area contributed by atoms with Crippen LogP contribution in [0.2, 0.25) is 0 Å². The van der Waals surface area contributed by atoms with Crippen LogP contribution in [0.3, 0.4) is 0 Å². The van der Waals surface area contributed by atoms with E-state index in [1.807, 2.05) is 13.0 Å². The van der Waals surface area contributed by atoms with E-state index in [2.05, 4.69) is 6.92 Å². The number of hydrogen-bond donors (Lipinski definition) is 1. The van der Waals surface area contributed by atoms with Crippen molar-refractivity contribution in [2.24, 2.45) is 11.7 Å². The third-order valence-electron chi connectivity index (χ3n) is 3.01. The average molecular weight is 225 g/mol. The summed E-state index contributed by atoms with van der Waals surface area (Å²) in [6.45, 7) is 4.04. The molecule has 1 aromatic rings. The van der Waals surface area contributed by atoms with Gasteiger partial charge in [-0.1, -0.05) is 25.5 Å². The zero-order chi connectivity index (χ0) is 12.1. The number of ether oxygens (including phenoxy) is 1. The first-order valence-electron chi connectivity index (χ1n) is 5.67. The SMILES string of the molecule is CCC(Cc1cccc(OC)c1F)C(C)N.